The Balaban J connectivity index is 1.94. The number of pyridine rings is 1. The summed E-state index contributed by atoms with van der Waals surface area (Å²) in [4.78, 5) is 20.9. The minimum absolute atomic E-state index is 0.200. The van der Waals surface area contributed by atoms with Crippen LogP contribution in [0.5, 0.6) is 0 Å². The van der Waals surface area contributed by atoms with Crippen molar-refractivity contribution in [2.24, 2.45) is 0 Å². The van der Waals surface area contributed by atoms with Crippen LogP contribution in [0.3, 0.4) is 0 Å². The van der Waals surface area contributed by atoms with Crippen molar-refractivity contribution >= 4 is 34.1 Å². The number of carbonyl (C=O) groups excluding carboxylic acids is 1. The number of rotatable bonds is 3. The summed E-state index contributed by atoms with van der Waals surface area (Å²) in [6.45, 7) is 5.08. The Morgan fingerprint density at radius 3 is 2.95 bits per heavy atom. The number of fused-ring (bicyclic) bond motifs is 1. The van der Waals surface area contributed by atoms with Gasteiger partial charge in [0, 0.05) is 41.9 Å². The largest absolute Gasteiger partial charge is 0.362 e. The average Bonchev–Trinajstić information content (AvgIpc) is 2.69. The molecule has 1 aliphatic rings. The van der Waals surface area contributed by atoms with Crippen molar-refractivity contribution in [1.29, 1.82) is 0 Å². The zero-order valence-corrected chi connectivity index (χ0v) is 13.5. The first-order valence-corrected chi connectivity index (χ1v) is 8.14. The van der Waals surface area contributed by atoms with Crippen LogP contribution in [0.15, 0.2) is 30.5 Å². The zero-order chi connectivity index (χ0) is 15.5. The molecule has 1 fully saturated rings. The number of hydrogen-bond acceptors (Lipinski definition) is 3. The summed E-state index contributed by atoms with van der Waals surface area (Å²) in [5.41, 5.74) is 1.95. The number of aromatic nitrogens is 1. The number of anilines is 1. The predicted octanol–water partition coefficient (Wildman–Crippen LogP) is 3.34. The van der Waals surface area contributed by atoms with Crippen molar-refractivity contribution < 1.29 is 4.79 Å². The SMILES string of the molecule is CCCN1CCCN(c2ccnc3ccc(Cl)cc23)CC1=O. The Kier molecular flexibility index (Phi) is 4.48. The Hall–Kier alpha value is -1.81. The molecule has 0 unspecified atom stereocenters. The molecule has 0 aliphatic carbocycles. The minimum Gasteiger partial charge on any atom is -0.362 e. The third-order valence-corrected chi connectivity index (χ3v) is 4.28. The van der Waals surface area contributed by atoms with Gasteiger partial charge in [0.25, 0.3) is 0 Å². The molecule has 0 radical (unpaired) electrons. The van der Waals surface area contributed by atoms with Crippen molar-refractivity contribution in [3.05, 3.63) is 35.5 Å². The van der Waals surface area contributed by atoms with Crippen LogP contribution in [0.4, 0.5) is 5.69 Å². The van der Waals surface area contributed by atoms with Gasteiger partial charge in [-0.25, -0.2) is 0 Å². The molecule has 1 aliphatic heterocycles. The maximum absolute atomic E-state index is 12.4. The second kappa shape index (κ2) is 6.53. The summed E-state index contributed by atoms with van der Waals surface area (Å²) in [6.07, 6.45) is 3.78. The van der Waals surface area contributed by atoms with Gasteiger partial charge in [-0.3, -0.25) is 9.78 Å². The summed E-state index contributed by atoms with van der Waals surface area (Å²) in [5, 5.41) is 1.70. The molecule has 2 heterocycles. The molecular weight excluding hydrogens is 298 g/mol. The molecule has 3 rings (SSSR count). The van der Waals surface area contributed by atoms with Crippen LogP contribution in [-0.2, 0) is 4.79 Å². The lowest BCUT2D eigenvalue weighted by molar-refractivity contribution is -0.129. The van der Waals surface area contributed by atoms with Gasteiger partial charge in [-0.15, -0.1) is 0 Å². The fraction of sp³-hybridized carbons (Fsp3) is 0.412. The first-order chi connectivity index (χ1) is 10.7. The third kappa shape index (κ3) is 3.02. The van der Waals surface area contributed by atoms with Gasteiger partial charge < -0.3 is 9.80 Å². The lowest BCUT2D eigenvalue weighted by Crippen LogP contribution is -2.37. The van der Waals surface area contributed by atoms with Gasteiger partial charge in [0.05, 0.1) is 12.1 Å². The van der Waals surface area contributed by atoms with E-state index in [0.717, 1.165) is 49.1 Å². The molecule has 1 aromatic carbocycles. The monoisotopic (exact) mass is 317 g/mol. The van der Waals surface area contributed by atoms with E-state index in [4.69, 9.17) is 11.6 Å². The van der Waals surface area contributed by atoms with E-state index in [9.17, 15) is 4.79 Å². The van der Waals surface area contributed by atoms with Gasteiger partial charge in [-0.2, -0.15) is 0 Å². The normalized spacial score (nSPS) is 16.2. The lowest BCUT2D eigenvalue weighted by atomic mass is 10.1. The standard InChI is InChI=1S/C17H20ClN3O/c1-2-8-20-9-3-10-21(12-17(20)22)16-6-7-19-15-5-4-13(18)11-14(15)16/h4-7,11H,2-3,8-10,12H2,1H3. The summed E-state index contributed by atoms with van der Waals surface area (Å²) < 4.78 is 0. The highest BCUT2D eigenvalue weighted by Gasteiger charge is 2.22. The molecule has 1 saturated heterocycles. The van der Waals surface area contributed by atoms with Gasteiger partial charge >= 0.3 is 0 Å². The molecule has 22 heavy (non-hydrogen) atoms. The lowest BCUT2D eigenvalue weighted by Gasteiger charge is -2.24. The second-order valence-corrected chi connectivity index (χ2v) is 6.08. The van der Waals surface area contributed by atoms with E-state index < -0.39 is 0 Å². The highest BCUT2D eigenvalue weighted by atomic mass is 35.5. The second-order valence-electron chi connectivity index (χ2n) is 5.65. The molecule has 0 saturated carbocycles. The van der Waals surface area contributed by atoms with E-state index in [1.165, 1.54) is 0 Å². The van der Waals surface area contributed by atoms with E-state index in [0.29, 0.717) is 11.6 Å². The smallest absolute Gasteiger partial charge is 0.242 e. The first kappa shape index (κ1) is 15.1. The van der Waals surface area contributed by atoms with Crippen molar-refractivity contribution in [3.63, 3.8) is 0 Å². The van der Waals surface area contributed by atoms with E-state index in [-0.39, 0.29) is 5.91 Å². The number of nitrogens with zero attached hydrogens (tertiary/aromatic N) is 3. The van der Waals surface area contributed by atoms with Crippen molar-refractivity contribution in [3.8, 4) is 0 Å². The molecule has 5 heteroatoms. The van der Waals surface area contributed by atoms with Crippen LogP contribution in [0, 0.1) is 0 Å². The van der Waals surface area contributed by atoms with E-state index in [1.807, 2.05) is 29.2 Å². The fourth-order valence-corrected chi connectivity index (χ4v) is 3.18. The molecule has 1 aromatic heterocycles. The highest BCUT2D eigenvalue weighted by Crippen LogP contribution is 2.28. The fourth-order valence-electron chi connectivity index (χ4n) is 3.01. The van der Waals surface area contributed by atoms with Crippen LogP contribution in [0.1, 0.15) is 19.8 Å². The molecule has 0 N–H and O–H groups in total. The third-order valence-electron chi connectivity index (χ3n) is 4.05. The molecule has 116 valence electrons. The molecular formula is C17H20ClN3O. The quantitative estimate of drug-likeness (QED) is 0.871. The number of benzene rings is 1. The van der Waals surface area contributed by atoms with Gasteiger partial charge in [0.2, 0.25) is 5.91 Å². The van der Waals surface area contributed by atoms with Crippen molar-refractivity contribution in [2.75, 3.05) is 31.1 Å². The number of amides is 1. The van der Waals surface area contributed by atoms with Gasteiger partial charge in [-0.05, 0) is 37.1 Å². The Morgan fingerprint density at radius 2 is 2.14 bits per heavy atom. The van der Waals surface area contributed by atoms with Gasteiger partial charge in [0.15, 0.2) is 0 Å². The first-order valence-electron chi connectivity index (χ1n) is 7.76. The van der Waals surface area contributed by atoms with Gasteiger partial charge in [0.1, 0.15) is 0 Å². The summed E-state index contributed by atoms with van der Waals surface area (Å²) in [5.74, 6) is 0.200. The Bertz CT molecular complexity index is 689. The Labute approximate surface area is 135 Å². The van der Waals surface area contributed by atoms with E-state index in [2.05, 4.69) is 16.8 Å². The van der Waals surface area contributed by atoms with Crippen LogP contribution in [0.25, 0.3) is 10.9 Å². The molecule has 0 bridgehead atoms. The van der Waals surface area contributed by atoms with Crippen LogP contribution in [0.2, 0.25) is 5.02 Å². The summed E-state index contributed by atoms with van der Waals surface area (Å²) in [6, 6.07) is 7.67. The van der Waals surface area contributed by atoms with Crippen LogP contribution >= 0.6 is 11.6 Å². The molecule has 0 atom stereocenters. The average molecular weight is 318 g/mol. The topological polar surface area (TPSA) is 36.4 Å². The van der Waals surface area contributed by atoms with Crippen molar-refractivity contribution in [1.82, 2.24) is 9.88 Å². The van der Waals surface area contributed by atoms with Crippen LogP contribution < -0.4 is 4.90 Å². The number of hydrogen-bond donors (Lipinski definition) is 0. The number of halogens is 1. The molecule has 4 nitrogen and oxygen atoms in total. The van der Waals surface area contributed by atoms with Crippen molar-refractivity contribution in [2.45, 2.75) is 19.8 Å². The minimum atomic E-state index is 0.200. The Morgan fingerprint density at radius 1 is 1.27 bits per heavy atom. The van der Waals surface area contributed by atoms with Gasteiger partial charge in [-0.1, -0.05) is 18.5 Å². The number of carbonyl (C=O) groups is 1. The molecule has 2 aromatic rings. The predicted molar refractivity (Wildman–Crippen MR) is 90.5 cm³/mol. The molecule has 1 amide bonds. The van der Waals surface area contributed by atoms with E-state index in [1.54, 1.807) is 6.20 Å². The maximum Gasteiger partial charge on any atom is 0.242 e. The van der Waals surface area contributed by atoms with Crippen LogP contribution in [-0.4, -0.2) is 42.0 Å². The summed E-state index contributed by atoms with van der Waals surface area (Å²) in [7, 11) is 0. The zero-order valence-electron chi connectivity index (χ0n) is 12.8. The summed E-state index contributed by atoms with van der Waals surface area (Å²) >= 11 is 6.13. The molecule has 0 spiro atoms. The highest BCUT2D eigenvalue weighted by molar-refractivity contribution is 6.31. The maximum atomic E-state index is 12.4. The van der Waals surface area contributed by atoms with E-state index >= 15 is 0 Å².